The fraction of sp³-hybridized carbons (Fsp3) is 0.458. The van der Waals surface area contributed by atoms with Gasteiger partial charge in [-0.25, -0.2) is 0 Å². The monoisotopic (exact) mass is 361 g/mol. The summed E-state index contributed by atoms with van der Waals surface area (Å²) in [5, 5.41) is 3.21. The van der Waals surface area contributed by atoms with Crippen molar-refractivity contribution in [3.8, 4) is 5.75 Å². The molecule has 0 spiro atoms. The third-order valence-corrected chi connectivity index (χ3v) is 6.88. The first-order valence-electron chi connectivity index (χ1n) is 10.3. The average Bonchev–Trinajstić information content (AvgIpc) is 2.67. The second-order valence-electron chi connectivity index (χ2n) is 8.95. The van der Waals surface area contributed by atoms with Gasteiger partial charge in [0.2, 0.25) is 5.91 Å². The van der Waals surface area contributed by atoms with E-state index in [1.54, 1.807) is 0 Å². The minimum Gasteiger partial charge on any atom is -0.489 e. The first-order chi connectivity index (χ1) is 13.2. The summed E-state index contributed by atoms with van der Waals surface area (Å²) in [5.74, 6) is 3.44. The number of ether oxygens (including phenoxy) is 1. The highest BCUT2D eigenvalue weighted by atomic mass is 16.5. The van der Waals surface area contributed by atoms with Crippen LogP contribution in [0, 0.1) is 23.2 Å². The van der Waals surface area contributed by atoms with E-state index in [1.165, 1.54) is 19.3 Å². The molecule has 1 N–H and O–H groups in total. The number of carbonyl (C=O) groups excluding carboxylic acids is 1. The number of nitrogens with one attached hydrogen (secondary N) is 1. The minimum absolute atomic E-state index is 0.1000. The summed E-state index contributed by atoms with van der Waals surface area (Å²) in [6.45, 7) is 0.555. The third kappa shape index (κ3) is 3.36. The molecular formula is C24H27NO2. The van der Waals surface area contributed by atoms with Crippen molar-refractivity contribution < 1.29 is 9.53 Å². The highest BCUT2D eigenvalue weighted by Crippen LogP contribution is 2.60. The molecule has 0 heterocycles. The molecule has 4 aliphatic rings. The quantitative estimate of drug-likeness (QED) is 0.772. The molecular weight excluding hydrogens is 334 g/mol. The molecule has 0 radical (unpaired) electrons. The maximum atomic E-state index is 13.1. The number of amides is 1. The Labute approximate surface area is 161 Å². The van der Waals surface area contributed by atoms with Crippen LogP contribution >= 0.6 is 0 Å². The van der Waals surface area contributed by atoms with Crippen molar-refractivity contribution in [2.75, 3.05) is 5.32 Å². The summed E-state index contributed by atoms with van der Waals surface area (Å²) >= 11 is 0. The van der Waals surface area contributed by atoms with Gasteiger partial charge >= 0.3 is 0 Å². The first kappa shape index (κ1) is 16.9. The number of anilines is 1. The second-order valence-corrected chi connectivity index (χ2v) is 8.95. The van der Waals surface area contributed by atoms with Crippen LogP contribution in [0.1, 0.15) is 44.1 Å². The molecule has 4 fully saturated rings. The normalized spacial score (nSPS) is 30.9. The van der Waals surface area contributed by atoms with Crippen LogP contribution in [0.2, 0.25) is 0 Å². The van der Waals surface area contributed by atoms with Gasteiger partial charge in [-0.2, -0.15) is 0 Å². The molecule has 0 aliphatic heterocycles. The number of hydrogen-bond acceptors (Lipinski definition) is 2. The summed E-state index contributed by atoms with van der Waals surface area (Å²) in [7, 11) is 0. The Hall–Kier alpha value is -2.29. The summed E-state index contributed by atoms with van der Waals surface area (Å²) in [6.07, 6.45) is 7.38. The van der Waals surface area contributed by atoms with Gasteiger partial charge in [0.1, 0.15) is 12.4 Å². The van der Waals surface area contributed by atoms with Crippen molar-refractivity contribution in [3.05, 3.63) is 60.2 Å². The molecule has 1 amide bonds. The van der Waals surface area contributed by atoms with E-state index in [1.807, 2.05) is 42.5 Å². The molecule has 0 aromatic heterocycles. The van der Waals surface area contributed by atoms with Crippen molar-refractivity contribution in [3.63, 3.8) is 0 Å². The van der Waals surface area contributed by atoms with E-state index in [0.717, 1.165) is 54.0 Å². The van der Waals surface area contributed by atoms with Crippen molar-refractivity contribution in [2.24, 2.45) is 23.2 Å². The molecule has 140 valence electrons. The molecule has 4 aliphatic carbocycles. The molecule has 6 rings (SSSR count). The van der Waals surface area contributed by atoms with Crippen LogP contribution in [-0.4, -0.2) is 5.91 Å². The van der Waals surface area contributed by atoms with Gasteiger partial charge in [-0.05, 0) is 86.1 Å². The Bertz CT molecular complexity index is 777. The van der Waals surface area contributed by atoms with E-state index in [-0.39, 0.29) is 11.3 Å². The Kier molecular flexibility index (Phi) is 4.18. The van der Waals surface area contributed by atoms with Gasteiger partial charge in [0.05, 0.1) is 5.41 Å². The fourth-order valence-corrected chi connectivity index (χ4v) is 6.03. The van der Waals surface area contributed by atoms with Gasteiger partial charge in [-0.15, -0.1) is 0 Å². The topological polar surface area (TPSA) is 38.3 Å². The molecule has 27 heavy (non-hydrogen) atoms. The van der Waals surface area contributed by atoms with Gasteiger partial charge in [0.15, 0.2) is 0 Å². The molecule has 0 atom stereocenters. The number of rotatable bonds is 5. The lowest BCUT2D eigenvalue weighted by Crippen LogP contribution is -2.51. The van der Waals surface area contributed by atoms with Gasteiger partial charge in [-0.1, -0.05) is 30.3 Å². The lowest BCUT2D eigenvalue weighted by Gasteiger charge is -2.55. The Balaban J connectivity index is 1.22. The van der Waals surface area contributed by atoms with Crippen molar-refractivity contribution in [1.29, 1.82) is 0 Å². The molecule has 3 nitrogen and oxygen atoms in total. The SMILES string of the molecule is O=C(Nc1ccc(OCc2ccccc2)cc1)C12CC3CC(CC(C3)C1)C2. The maximum Gasteiger partial charge on any atom is 0.230 e. The maximum absolute atomic E-state index is 13.1. The lowest BCUT2D eigenvalue weighted by molar-refractivity contribution is -0.140. The zero-order chi connectivity index (χ0) is 18.3. The predicted molar refractivity (Wildman–Crippen MR) is 106 cm³/mol. The van der Waals surface area contributed by atoms with E-state index >= 15 is 0 Å². The lowest BCUT2D eigenvalue weighted by atomic mass is 9.49. The van der Waals surface area contributed by atoms with Crippen molar-refractivity contribution in [1.82, 2.24) is 0 Å². The van der Waals surface area contributed by atoms with Gasteiger partial charge in [-0.3, -0.25) is 4.79 Å². The molecule has 2 aromatic rings. The number of hydrogen-bond donors (Lipinski definition) is 1. The van der Waals surface area contributed by atoms with Crippen LogP contribution in [-0.2, 0) is 11.4 Å². The summed E-state index contributed by atoms with van der Waals surface area (Å²) in [5.41, 5.74) is 1.93. The number of carbonyl (C=O) groups is 1. The zero-order valence-electron chi connectivity index (χ0n) is 15.7. The van der Waals surface area contributed by atoms with Crippen LogP contribution in [0.15, 0.2) is 54.6 Å². The van der Waals surface area contributed by atoms with Gasteiger partial charge in [0, 0.05) is 5.69 Å². The molecule has 4 saturated carbocycles. The molecule has 3 heteroatoms. The van der Waals surface area contributed by atoms with Crippen molar-refractivity contribution >= 4 is 11.6 Å². The fourth-order valence-electron chi connectivity index (χ4n) is 6.03. The molecule has 2 aromatic carbocycles. The van der Waals surface area contributed by atoms with E-state index in [2.05, 4.69) is 17.4 Å². The second kappa shape index (κ2) is 6.70. The minimum atomic E-state index is -0.1000. The van der Waals surface area contributed by atoms with E-state index in [4.69, 9.17) is 4.74 Å². The number of benzene rings is 2. The van der Waals surface area contributed by atoms with Crippen LogP contribution in [0.25, 0.3) is 0 Å². The highest BCUT2D eigenvalue weighted by Gasteiger charge is 2.54. The van der Waals surface area contributed by atoms with Crippen LogP contribution in [0.4, 0.5) is 5.69 Å². The van der Waals surface area contributed by atoms with E-state index in [9.17, 15) is 4.79 Å². The first-order valence-corrected chi connectivity index (χ1v) is 10.3. The smallest absolute Gasteiger partial charge is 0.230 e. The van der Waals surface area contributed by atoms with E-state index < -0.39 is 0 Å². The van der Waals surface area contributed by atoms with Crippen molar-refractivity contribution in [2.45, 2.75) is 45.1 Å². The van der Waals surface area contributed by atoms with E-state index in [0.29, 0.717) is 6.61 Å². The van der Waals surface area contributed by atoms with Crippen LogP contribution in [0.5, 0.6) is 5.75 Å². The van der Waals surface area contributed by atoms with Gasteiger partial charge < -0.3 is 10.1 Å². The third-order valence-electron chi connectivity index (χ3n) is 6.88. The summed E-state index contributed by atoms with van der Waals surface area (Å²) in [4.78, 5) is 13.1. The predicted octanol–water partition coefficient (Wildman–Crippen LogP) is 5.42. The van der Waals surface area contributed by atoms with Gasteiger partial charge in [0.25, 0.3) is 0 Å². The van der Waals surface area contributed by atoms with Crippen LogP contribution < -0.4 is 10.1 Å². The summed E-state index contributed by atoms with van der Waals surface area (Å²) in [6, 6.07) is 17.9. The molecule has 0 unspecified atom stereocenters. The average molecular weight is 361 g/mol. The highest BCUT2D eigenvalue weighted by molar-refractivity contribution is 5.95. The largest absolute Gasteiger partial charge is 0.489 e. The Morgan fingerprint density at radius 3 is 2.07 bits per heavy atom. The standard InChI is InChI=1S/C24H27NO2/c26-23(24-13-18-10-19(14-24)12-20(11-18)15-24)25-21-6-8-22(9-7-21)27-16-17-4-2-1-3-5-17/h1-9,18-20H,10-16H2,(H,25,26). The molecule has 4 bridgehead atoms. The summed E-state index contributed by atoms with van der Waals surface area (Å²) < 4.78 is 5.84. The Morgan fingerprint density at radius 1 is 0.889 bits per heavy atom. The molecule has 0 saturated heterocycles. The van der Waals surface area contributed by atoms with Crippen LogP contribution in [0.3, 0.4) is 0 Å². The zero-order valence-corrected chi connectivity index (χ0v) is 15.7. The Morgan fingerprint density at radius 2 is 1.48 bits per heavy atom.